The Balaban J connectivity index is 4.14. The summed E-state index contributed by atoms with van der Waals surface area (Å²) in [5, 5.41) is 19.2. The van der Waals surface area contributed by atoms with Crippen LogP contribution < -0.4 is 5.73 Å². The fourth-order valence-corrected chi connectivity index (χ4v) is 2.71. The molecule has 0 heterocycles. The van der Waals surface area contributed by atoms with Crippen molar-refractivity contribution in [2.75, 3.05) is 13.2 Å². The second-order valence-corrected chi connectivity index (χ2v) is 7.12. The Labute approximate surface area is 171 Å². The zero-order valence-corrected chi connectivity index (χ0v) is 17.3. The molecule has 9 heteroatoms. The number of aliphatic hydroxyl groups is 1. The molecular formula is C20H35NO8. The Morgan fingerprint density at radius 3 is 1.86 bits per heavy atom. The highest BCUT2D eigenvalue weighted by Gasteiger charge is 2.42. The molecule has 0 fully saturated rings. The van der Waals surface area contributed by atoms with Gasteiger partial charge in [-0.1, -0.05) is 58.3 Å². The lowest BCUT2D eigenvalue weighted by molar-refractivity contribution is -0.175. The van der Waals surface area contributed by atoms with E-state index >= 15 is 0 Å². The van der Waals surface area contributed by atoms with E-state index in [-0.39, 0.29) is 19.6 Å². The minimum absolute atomic E-state index is 0.0333. The number of esters is 3. The number of aliphatic carboxylic acids is 1. The van der Waals surface area contributed by atoms with Crippen LogP contribution in [-0.2, 0) is 28.7 Å². The Hall–Kier alpha value is -2.00. The summed E-state index contributed by atoms with van der Waals surface area (Å²) in [4.78, 5) is 46.2. The van der Waals surface area contributed by atoms with Crippen molar-refractivity contribution in [3.8, 4) is 0 Å². The summed E-state index contributed by atoms with van der Waals surface area (Å²) in [7, 11) is 0. The maximum absolute atomic E-state index is 11.8. The number of carboxylic acids is 1. The molecule has 0 aliphatic rings. The number of carboxylic acid groups (broad SMARTS) is 1. The molecule has 0 aliphatic carbocycles. The van der Waals surface area contributed by atoms with Crippen molar-refractivity contribution in [3.05, 3.63) is 0 Å². The van der Waals surface area contributed by atoms with Crippen LogP contribution in [0.2, 0.25) is 0 Å². The highest BCUT2D eigenvalue weighted by atomic mass is 16.6. The van der Waals surface area contributed by atoms with Gasteiger partial charge in [0.05, 0.1) is 12.8 Å². The molecule has 0 radical (unpaired) electrons. The Bertz CT molecular complexity index is 523. The van der Waals surface area contributed by atoms with Gasteiger partial charge in [-0.05, 0) is 6.42 Å². The molecule has 0 spiro atoms. The molecule has 1 unspecified atom stereocenters. The number of carbonyl (C=O) groups is 4. The average Bonchev–Trinajstić information content (AvgIpc) is 2.64. The van der Waals surface area contributed by atoms with Crippen LogP contribution in [0.1, 0.15) is 84.0 Å². The zero-order valence-electron chi connectivity index (χ0n) is 17.3. The number of hydrogen-bond donors (Lipinski definition) is 3. The summed E-state index contributed by atoms with van der Waals surface area (Å²) in [5.74, 6) is -4.79. The van der Waals surface area contributed by atoms with E-state index in [9.17, 15) is 24.3 Å². The smallest absolute Gasteiger partial charge is 0.336 e. The lowest BCUT2D eigenvalue weighted by atomic mass is 9.96. The van der Waals surface area contributed by atoms with E-state index in [2.05, 4.69) is 16.4 Å². The monoisotopic (exact) mass is 417 g/mol. The van der Waals surface area contributed by atoms with E-state index in [0.29, 0.717) is 6.42 Å². The van der Waals surface area contributed by atoms with Gasteiger partial charge in [0.1, 0.15) is 6.61 Å². The van der Waals surface area contributed by atoms with E-state index in [4.69, 9.17) is 10.8 Å². The van der Waals surface area contributed by atoms with Gasteiger partial charge in [-0.15, -0.1) is 0 Å². The van der Waals surface area contributed by atoms with Gasteiger partial charge in [-0.2, -0.15) is 0 Å². The fraction of sp³-hybridized carbons (Fsp3) is 0.800. The topological polar surface area (TPSA) is 153 Å². The molecule has 0 saturated heterocycles. The first-order valence-corrected chi connectivity index (χ1v) is 10.3. The lowest BCUT2D eigenvalue weighted by Gasteiger charge is -2.21. The number of nitrogens with two attached hydrogens (primary N) is 1. The Morgan fingerprint density at radius 2 is 1.34 bits per heavy atom. The quantitative estimate of drug-likeness (QED) is 0.183. The van der Waals surface area contributed by atoms with Gasteiger partial charge in [0.25, 0.3) is 0 Å². The molecular weight excluding hydrogens is 382 g/mol. The molecule has 0 aromatic carbocycles. The largest absolute Gasteiger partial charge is 0.479 e. The highest BCUT2D eigenvalue weighted by Crippen LogP contribution is 2.18. The molecule has 29 heavy (non-hydrogen) atoms. The van der Waals surface area contributed by atoms with Crippen molar-refractivity contribution in [3.63, 3.8) is 0 Å². The van der Waals surface area contributed by atoms with Gasteiger partial charge >= 0.3 is 23.9 Å². The van der Waals surface area contributed by atoms with Gasteiger partial charge in [0, 0.05) is 13.0 Å². The van der Waals surface area contributed by atoms with Crippen molar-refractivity contribution < 1.29 is 38.9 Å². The van der Waals surface area contributed by atoms with E-state index in [1.165, 1.54) is 32.1 Å². The van der Waals surface area contributed by atoms with Gasteiger partial charge in [0.15, 0.2) is 5.60 Å². The van der Waals surface area contributed by atoms with Crippen molar-refractivity contribution in [2.45, 2.75) is 89.6 Å². The zero-order chi connectivity index (χ0) is 22.1. The number of carbonyl (C=O) groups excluding carboxylic acids is 3. The van der Waals surface area contributed by atoms with Crippen LogP contribution in [0.3, 0.4) is 0 Å². The summed E-state index contributed by atoms with van der Waals surface area (Å²) in [6.45, 7) is 2.06. The summed E-state index contributed by atoms with van der Waals surface area (Å²) in [6.07, 6.45) is 7.65. The highest BCUT2D eigenvalue weighted by molar-refractivity contribution is 5.92. The summed E-state index contributed by atoms with van der Waals surface area (Å²) in [6, 6.07) is 0. The first-order valence-electron chi connectivity index (χ1n) is 10.3. The standard InChI is InChI=1S/C20H35NO8/c1-2-3-4-5-6-7-8-9-10-11-16(22)29-18(24)15-20(27,19(25)26)14-17(23)28-13-12-21/h27H,2-15,21H2,1H3,(H,25,26). The summed E-state index contributed by atoms with van der Waals surface area (Å²) >= 11 is 0. The van der Waals surface area contributed by atoms with Crippen molar-refractivity contribution in [1.82, 2.24) is 0 Å². The predicted molar refractivity (Wildman–Crippen MR) is 105 cm³/mol. The minimum Gasteiger partial charge on any atom is -0.479 e. The van der Waals surface area contributed by atoms with Gasteiger partial charge in [0.2, 0.25) is 0 Å². The molecule has 0 rings (SSSR count). The number of rotatable bonds is 17. The molecule has 0 aliphatic heterocycles. The van der Waals surface area contributed by atoms with Crippen LogP contribution in [-0.4, -0.2) is 52.8 Å². The maximum Gasteiger partial charge on any atom is 0.336 e. The van der Waals surface area contributed by atoms with Gasteiger partial charge in [-0.3, -0.25) is 14.4 Å². The Kier molecular flexibility index (Phi) is 14.8. The van der Waals surface area contributed by atoms with Crippen LogP contribution in [0, 0.1) is 0 Å². The normalized spacial score (nSPS) is 12.8. The van der Waals surface area contributed by atoms with E-state index < -0.39 is 42.3 Å². The lowest BCUT2D eigenvalue weighted by Crippen LogP contribution is -2.43. The van der Waals surface area contributed by atoms with Gasteiger partial charge < -0.3 is 25.4 Å². The van der Waals surface area contributed by atoms with E-state index in [1.54, 1.807) is 0 Å². The summed E-state index contributed by atoms with van der Waals surface area (Å²) < 4.78 is 9.16. The second-order valence-electron chi connectivity index (χ2n) is 7.12. The molecule has 9 nitrogen and oxygen atoms in total. The molecule has 0 bridgehead atoms. The average molecular weight is 417 g/mol. The third-order valence-corrected chi connectivity index (χ3v) is 4.36. The molecule has 4 N–H and O–H groups in total. The van der Waals surface area contributed by atoms with Crippen LogP contribution in [0.4, 0.5) is 0 Å². The number of ether oxygens (including phenoxy) is 2. The SMILES string of the molecule is CCCCCCCCCCCC(=O)OC(=O)CC(O)(CC(=O)OCCN)C(=O)O. The van der Waals surface area contributed by atoms with Crippen molar-refractivity contribution >= 4 is 23.9 Å². The third kappa shape index (κ3) is 13.8. The molecule has 168 valence electrons. The minimum atomic E-state index is -2.71. The van der Waals surface area contributed by atoms with E-state index in [0.717, 1.165) is 19.3 Å². The van der Waals surface area contributed by atoms with Gasteiger partial charge in [-0.25, -0.2) is 4.79 Å². The van der Waals surface area contributed by atoms with Crippen LogP contribution in [0.15, 0.2) is 0 Å². The maximum atomic E-state index is 11.8. The molecule has 0 aromatic heterocycles. The number of unbranched alkanes of at least 4 members (excludes halogenated alkanes) is 8. The molecule has 0 saturated carbocycles. The molecule has 1 atom stereocenters. The first-order chi connectivity index (χ1) is 13.7. The van der Waals surface area contributed by atoms with Crippen molar-refractivity contribution in [1.29, 1.82) is 0 Å². The summed E-state index contributed by atoms with van der Waals surface area (Å²) in [5.41, 5.74) is 2.45. The Morgan fingerprint density at radius 1 is 0.828 bits per heavy atom. The fourth-order valence-electron chi connectivity index (χ4n) is 2.71. The van der Waals surface area contributed by atoms with Crippen LogP contribution in [0.25, 0.3) is 0 Å². The molecule has 0 aromatic rings. The van der Waals surface area contributed by atoms with Crippen molar-refractivity contribution in [2.24, 2.45) is 5.73 Å². The number of hydrogen-bond acceptors (Lipinski definition) is 8. The predicted octanol–water partition coefficient (Wildman–Crippen LogP) is 2.07. The second kappa shape index (κ2) is 15.9. The third-order valence-electron chi connectivity index (χ3n) is 4.36. The molecule has 0 amide bonds. The van der Waals surface area contributed by atoms with E-state index in [1.807, 2.05) is 0 Å². The van der Waals surface area contributed by atoms with Crippen LogP contribution >= 0.6 is 0 Å². The van der Waals surface area contributed by atoms with Crippen LogP contribution in [0.5, 0.6) is 0 Å². The first kappa shape index (κ1) is 27.0.